The highest BCUT2D eigenvalue weighted by Crippen LogP contribution is 2.25. The Labute approximate surface area is 115 Å². The molecule has 1 heterocycles. The van der Waals surface area contributed by atoms with Crippen LogP contribution in [0.3, 0.4) is 0 Å². The number of nitrogens with zero attached hydrogens (tertiary/aromatic N) is 1. The van der Waals surface area contributed by atoms with E-state index in [-0.39, 0.29) is 0 Å². The Hall–Kier alpha value is -0.910. The first-order valence-corrected chi connectivity index (χ1v) is 8.24. The van der Waals surface area contributed by atoms with Crippen LogP contribution in [0.2, 0.25) is 0 Å². The molecule has 4 nitrogen and oxygen atoms in total. The lowest BCUT2D eigenvalue weighted by molar-refractivity contribution is 0.346. The third kappa shape index (κ3) is 2.99. The summed E-state index contributed by atoms with van der Waals surface area (Å²) in [4.78, 5) is 0.460. The quantitative estimate of drug-likeness (QED) is 0.917. The van der Waals surface area contributed by atoms with Gasteiger partial charge in [-0.2, -0.15) is 4.31 Å². The van der Waals surface area contributed by atoms with E-state index in [1.54, 1.807) is 10.4 Å². The first-order valence-electron chi connectivity index (χ1n) is 6.80. The van der Waals surface area contributed by atoms with Gasteiger partial charge >= 0.3 is 0 Å². The molecule has 2 rings (SSSR count). The zero-order valence-electron chi connectivity index (χ0n) is 11.6. The minimum Gasteiger partial charge on any atom is -0.316 e. The van der Waals surface area contributed by atoms with Gasteiger partial charge in [0.2, 0.25) is 10.0 Å². The van der Waals surface area contributed by atoms with Gasteiger partial charge < -0.3 is 5.32 Å². The van der Waals surface area contributed by atoms with Crippen LogP contribution in [0.1, 0.15) is 30.4 Å². The van der Waals surface area contributed by atoms with Gasteiger partial charge in [-0.15, -0.1) is 0 Å². The molecule has 1 fully saturated rings. The molecule has 19 heavy (non-hydrogen) atoms. The summed E-state index contributed by atoms with van der Waals surface area (Å²) in [7, 11) is -1.46. The second-order valence-corrected chi connectivity index (χ2v) is 6.94. The van der Waals surface area contributed by atoms with Crippen LogP contribution in [-0.2, 0) is 16.6 Å². The van der Waals surface area contributed by atoms with E-state index in [9.17, 15) is 8.42 Å². The predicted octanol–water partition coefficient (Wildman–Crippen LogP) is 1.89. The number of rotatable bonds is 4. The van der Waals surface area contributed by atoms with E-state index in [4.69, 9.17) is 0 Å². The van der Waals surface area contributed by atoms with Crippen LogP contribution in [0.15, 0.2) is 23.1 Å². The van der Waals surface area contributed by atoms with Gasteiger partial charge in [-0.25, -0.2) is 8.42 Å². The molecule has 106 valence electrons. The van der Waals surface area contributed by atoms with Gasteiger partial charge in [0, 0.05) is 19.6 Å². The molecular weight excluding hydrogens is 260 g/mol. The van der Waals surface area contributed by atoms with E-state index in [1.807, 2.05) is 26.1 Å². The largest absolute Gasteiger partial charge is 0.316 e. The molecule has 0 unspecified atom stereocenters. The van der Waals surface area contributed by atoms with Crippen LogP contribution in [0.25, 0.3) is 0 Å². The Morgan fingerprint density at radius 2 is 1.89 bits per heavy atom. The zero-order chi connectivity index (χ0) is 13.9. The average molecular weight is 282 g/mol. The third-order valence-electron chi connectivity index (χ3n) is 3.70. The molecule has 0 bridgehead atoms. The standard InChI is InChI=1S/C14H22N2O2S/c1-12-13(11-15-2)7-6-8-14(12)19(17,18)16-9-4-3-5-10-16/h6-8,15H,3-5,9-11H2,1-2H3. The van der Waals surface area contributed by atoms with Crippen molar-refractivity contribution in [3.63, 3.8) is 0 Å². The highest BCUT2D eigenvalue weighted by Gasteiger charge is 2.27. The lowest BCUT2D eigenvalue weighted by atomic mass is 10.1. The molecule has 1 aromatic rings. The van der Waals surface area contributed by atoms with Gasteiger partial charge in [-0.3, -0.25) is 0 Å². The second kappa shape index (κ2) is 6.03. The van der Waals surface area contributed by atoms with Gasteiger partial charge in [0.25, 0.3) is 0 Å². The van der Waals surface area contributed by atoms with E-state index in [1.165, 1.54) is 0 Å². The molecule has 0 saturated carbocycles. The highest BCUT2D eigenvalue weighted by molar-refractivity contribution is 7.89. The molecule has 0 spiro atoms. The van der Waals surface area contributed by atoms with Crippen molar-refractivity contribution in [1.82, 2.24) is 9.62 Å². The van der Waals surface area contributed by atoms with Gasteiger partial charge in [0.15, 0.2) is 0 Å². The number of piperidine rings is 1. The molecule has 0 amide bonds. The Morgan fingerprint density at radius 3 is 2.53 bits per heavy atom. The highest BCUT2D eigenvalue weighted by atomic mass is 32.2. The molecular formula is C14H22N2O2S. The normalized spacial score (nSPS) is 17.6. The maximum Gasteiger partial charge on any atom is 0.243 e. The zero-order valence-corrected chi connectivity index (χ0v) is 12.5. The molecule has 0 aliphatic carbocycles. The van der Waals surface area contributed by atoms with Crippen LogP contribution in [-0.4, -0.2) is 32.9 Å². The Kier molecular flexibility index (Phi) is 4.60. The van der Waals surface area contributed by atoms with E-state index in [0.717, 1.165) is 30.4 Å². The number of hydrogen-bond donors (Lipinski definition) is 1. The summed E-state index contributed by atoms with van der Waals surface area (Å²) in [5, 5.41) is 3.07. The average Bonchev–Trinajstić information content (AvgIpc) is 2.42. The molecule has 1 aromatic carbocycles. The summed E-state index contributed by atoms with van der Waals surface area (Å²) in [5.41, 5.74) is 1.91. The molecule has 0 radical (unpaired) electrons. The number of sulfonamides is 1. The van der Waals surface area contributed by atoms with Crippen molar-refractivity contribution >= 4 is 10.0 Å². The third-order valence-corrected chi connectivity index (χ3v) is 5.74. The summed E-state index contributed by atoms with van der Waals surface area (Å²) in [6, 6.07) is 5.52. The summed E-state index contributed by atoms with van der Waals surface area (Å²) in [5.74, 6) is 0. The van der Waals surface area contributed by atoms with Gasteiger partial charge in [0.1, 0.15) is 0 Å². The van der Waals surface area contributed by atoms with E-state index < -0.39 is 10.0 Å². The van der Waals surface area contributed by atoms with Crippen molar-refractivity contribution in [1.29, 1.82) is 0 Å². The van der Waals surface area contributed by atoms with Crippen LogP contribution in [0, 0.1) is 6.92 Å². The minimum absolute atomic E-state index is 0.460. The SMILES string of the molecule is CNCc1cccc(S(=O)(=O)N2CCCCC2)c1C. The maximum absolute atomic E-state index is 12.7. The Bertz CT molecular complexity index is 534. The summed E-state index contributed by atoms with van der Waals surface area (Å²) in [6.45, 7) is 3.88. The first kappa shape index (κ1) is 14.5. The second-order valence-electron chi connectivity index (χ2n) is 5.04. The van der Waals surface area contributed by atoms with Crippen molar-refractivity contribution in [3.05, 3.63) is 29.3 Å². The molecule has 0 atom stereocenters. The number of benzene rings is 1. The molecule has 1 aliphatic rings. The van der Waals surface area contributed by atoms with Crippen molar-refractivity contribution in [3.8, 4) is 0 Å². The fourth-order valence-electron chi connectivity index (χ4n) is 2.57. The van der Waals surface area contributed by atoms with E-state index in [0.29, 0.717) is 24.5 Å². The molecule has 0 aromatic heterocycles. The minimum atomic E-state index is -3.33. The lowest BCUT2D eigenvalue weighted by Gasteiger charge is -2.27. The van der Waals surface area contributed by atoms with Crippen LogP contribution < -0.4 is 5.32 Å². The van der Waals surface area contributed by atoms with Crippen molar-refractivity contribution in [2.75, 3.05) is 20.1 Å². The number of nitrogens with one attached hydrogen (secondary N) is 1. The predicted molar refractivity (Wildman–Crippen MR) is 76.6 cm³/mol. The Balaban J connectivity index is 2.37. The molecule has 1 aliphatic heterocycles. The van der Waals surface area contributed by atoms with Crippen LogP contribution >= 0.6 is 0 Å². The fraction of sp³-hybridized carbons (Fsp3) is 0.571. The summed E-state index contributed by atoms with van der Waals surface area (Å²) < 4.78 is 27.0. The monoisotopic (exact) mass is 282 g/mol. The molecule has 1 saturated heterocycles. The lowest BCUT2D eigenvalue weighted by Crippen LogP contribution is -2.36. The van der Waals surface area contributed by atoms with Crippen LogP contribution in [0.5, 0.6) is 0 Å². The topological polar surface area (TPSA) is 49.4 Å². The summed E-state index contributed by atoms with van der Waals surface area (Å²) >= 11 is 0. The van der Waals surface area contributed by atoms with Crippen molar-refractivity contribution < 1.29 is 8.42 Å². The van der Waals surface area contributed by atoms with Gasteiger partial charge in [-0.05, 0) is 44.0 Å². The van der Waals surface area contributed by atoms with E-state index >= 15 is 0 Å². The van der Waals surface area contributed by atoms with Gasteiger partial charge in [-0.1, -0.05) is 18.6 Å². The smallest absolute Gasteiger partial charge is 0.243 e. The maximum atomic E-state index is 12.7. The van der Waals surface area contributed by atoms with E-state index in [2.05, 4.69) is 5.32 Å². The summed E-state index contributed by atoms with van der Waals surface area (Å²) in [6.07, 6.45) is 3.06. The van der Waals surface area contributed by atoms with Gasteiger partial charge in [0.05, 0.1) is 4.90 Å². The molecule has 1 N–H and O–H groups in total. The molecule has 5 heteroatoms. The Morgan fingerprint density at radius 1 is 1.21 bits per heavy atom. The van der Waals surface area contributed by atoms with Crippen LogP contribution in [0.4, 0.5) is 0 Å². The number of hydrogen-bond acceptors (Lipinski definition) is 3. The van der Waals surface area contributed by atoms with Crippen molar-refractivity contribution in [2.45, 2.75) is 37.6 Å². The fourth-order valence-corrected chi connectivity index (χ4v) is 4.35. The first-order chi connectivity index (χ1) is 9.07. The van der Waals surface area contributed by atoms with Crippen molar-refractivity contribution in [2.24, 2.45) is 0 Å².